The first kappa shape index (κ1) is 23.0. The van der Waals surface area contributed by atoms with Gasteiger partial charge in [-0.2, -0.15) is 13.2 Å². The van der Waals surface area contributed by atoms with E-state index in [0.29, 0.717) is 6.61 Å². The van der Waals surface area contributed by atoms with Crippen LogP contribution in [0.3, 0.4) is 0 Å². The second-order valence-corrected chi connectivity index (χ2v) is 7.46. The fourth-order valence-corrected chi connectivity index (χ4v) is 3.64. The highest BCUT2D eigenvalue weighted by Gasteiger charge is 2.53. The molecule has 0 bridgehead atoms. The van der Waals surface area contributed by atoms with Gasteiger partial charge in [0.2, 0.25) is 5.88 Å². The highest BCUT2D eigenvalue weighted by Crippen LogP contribution is 2.40. The molecule has 0 amide bonds. The van der Waals surface area contributed by atoms with E-state index in [1.807, 2.05) is 19.1 Å². The Balaban J connectivity index is 0.000000339. The highest BCUT2D eigenvalue weighted by atomic mass is 19.4. The molecule has 0 aromatic carbocycles. The minimum absolute atomic E-state index is 0.0711. The van der Waals surface area contributed by atoms with Crippen molar-refractivity contribution in [2.24, 2.45) is 5.92 Å². The molecule has 2 aliphatic rings. The van der Waals surface area contributed by atoms with Gasteiger partial charge >= 0.3 is 12.1 Å². The summed E-state index contributed by atoms with van der Waals surface area (Å²) in [5.41, 5.74) is -0.174. The topological polar surface area (TPSA) is 85.0 Å². The molecule has 7 nitrogen and oxygen atoms in total. The molecule has 4 heterocycles. The molecule has 0 radical (unpaired) electrons. The summed E-state index contributed by atoms with van der Waals surface area (Å²) in [6, 6.07) is 6.91. The molecule has 11 heteroatoms. The van der Waals surface area contributed by atoms with Crippen molar-refractivity contribution in [1.29, 1.82) is 0 Å². The van der Waals surface area contributed by atoms with Gasteiger partial charge in [-0.3, -0.25) is 4.90 Å². The lowest BCUT2D eigenvalue weighted by Crippen LogP contribution is -2.64. The summed E-state index contributed by atoms with van der Waals surface area (Å²) >= 11 is 0. The average molecular weight is 446 g/mol. The van der Waals surface area contributed by atoms with Crippen molar-refractivity contribution in [2.75, 3.05) is 26.3 Å². The fourth-order valence-electron chi connectivity index (χ4n) is 3.64. The first-order valence-corrected chi connectivity index (χ1v) is 9.54. The van der Waals surface area contributed by atoms with E-state index in [0.717, 1.165) is 44.2 Å². The first-order chi connectivity index (χ1) is 14.6. The monoisotopic (exact) mass is 446 g/mol. The number of hydrogen-bond donors (Lipinski definition) is 1. The highest BCUT2D eigenvalue weighted by molar-refractivity contribution is 5.73. The Morgan fingerprint density at radius 1 is 1.35 bits per heavy atom. The molecule has 2 aromatic heterocycles. The zero-order valence-electron chi connectivity index (χ0n) is 16.7. The Labute approximate surface area is 175 Å². The molecular weight excluding hydrogens is 424 g/mol. The van der Waals surface area contributed by atoms with Crippen LogP contribution in [0.25, 0.3) is 0 Å². The third kappa shape index (κ3) is 5.73. The van der Waals surface area contributed by atoms with Gasteiger partial charge in [0, 0.05) is 31.8 Å². The summed E-state index contributed by atoms with van der Waals surface area (Å²) in [5.74, 6) is -0.943. The van der Waals surface area contributed by atoms with E-state index in [1.165, 1.54) is 12.3 Å². The van der Waals surface area contributed by atoms with Crippen LogP contribution in [0.5, 0.6) is 5.88 Å². The Kier molecular flexibility index (Phi) is 6.85. The van der Waals surface area contributed by atoms with E-state index >= 15 is 0 Å². The molecule has 2 aliphatic heterocycles. The normalized spacial score (nSPS) is 20.1. The summed E-state index contributed by atoms with van der Waals surface area (Å²) in [6.07, 6.45) is -2.61. The number of halogens is 4. The van der Waals surface area contributed by atoms with E-state index in [1.54, 1.807) is 6.07 Å². The van der Waals surface area contributed by atoms with Gasteiger partial charge in [0.1, 0.15) is 11.5 Å². The summed E-state index contributed by atoms with van der Waals surface area (Å²) < 4.78 is 62.6. The summed E-state index contributed by atoms with van der Waals surface area (Å²) in [5, 5.41) is 7.12. The third-order valence-corrected chi connectivity index (χ3v) is 5.15. The summed E-state index contributed by atoms with van der Waals surface area (Å²) in [4.78, 5) is 15.1. The molecular formula is C20H22F4N2O5. The number of aryl methyl sites for hydroxylation is 1. The van der Waals surface area contributed by atoms with Crippen molar-refractivity contribution in [2.45, 2.75) is 31.7 Å². The molecule has 2 saturated heterocycles. The Morgan fingerprint density at radius 2 is 2.06 bits per heavy atom. The number of alkyl halides is 3. The van der Waals surface area contributed by atoms with Gasteiger partial charge in [0.05, 0.1) is 18.8 Å². The van der Waals surface area contributed by atoms with Gasteiger partial charge in [-0.15, -0.1) is 0 Å². The van der Waals surface area contributed by atoms with Crippen LogP contribution in [0.1, 0.15) is 17.9 Å². The van der Waals surface area contributed by atoms with Crippen molar-refractivity contribution in [1.82, 2.24) is 9.88 Å². The lowest BCUT2D eigenvalue weighted by Gasteiger charge is -2.49. The SMILES string of the molecule is Cc1ccc(CN2CC3(C2)OCCC3COc2ncccc2F)o1.O=C(O)C(F)(F)F. The smallest absolute Gasteiger partial charge is 0.475 e. The van der Waals surface area contributed by atoms with Crippen LogP contribution < -0.4 is 4.74 Å². The molecule has 1 atom stereocenters. The first-order valence-electron chi connectivity index (χ1n) is 9.54. The van der Waals surface area contributed by atoms with Crippen LogP contribution in [0.4, 0.5) is 17.6 Å². The van der Waals surface area contributed by atoms with Crippen molar-refractivity contribution >= 4 is 5.97 Å². The Bertz CT molecular complexity index is 896. The van der Waals surface area contributed by atoms with Crippen LogP contribution in [-0.2, 0) is 16.1 Å². The average Bonchev–Trinajstić information content (AvgIpc) is 3.27. The molecule has 0 saturated carbocycles. The number of carboxylic acids is 1. The van der Waals surface area contributed by atoms with Gasteiger partial charge < -0.3 is 19.0 Å². The van der Waals surface area contributed by atoms with Crippen molar-refractivity contribution in [3.63, 3.8) is 0 Å². The number of ether oxygens (including phenoxy) is 2. The second-order valence-electron chi connectivity index (χ2n) is 7.46. The third-order valence-electron chi connectivity index (χ3n) is 5.15. The molecule has 1 spiro atoms. The van der Waals surface area contributed by atoms with Crippen molar-refractivity contribution in [3.8, 4) is 5.88 Å². The quantitative estimate of drug-likeness (QED) is 0.705. The molecule has 1 unspecified atom stereocenters. The predicted octanol–water partition coefficient (Wildman–Crippen LogP) is 3.43. The van der Waals surface area contributed by atoms with Crippen molar-refractivity contribution < 1.29 is 41.4 Å². The lowest BCUT2D eigenvalue weighted by atomic mass is 9.81. The molecule has 4 rings (SSSR count). The maximum absolute atomic E-state index is 13.6. The van der Waals surface area contributed by atoms with E-state index in [2.05, 4.69) is 9.88 Å². The zero-order chi connectivity index (χ0) is 22.6. The van der Waals surface area contributed by atoms with Crippen LogP contribution in [0, 0.1) is 18.7 Å². The van der Waals surface area contributed by atoms with E-state index < -0.39 is 18.0 Å². The van der Waals surface area contributed by atoms with Crippen molar-refractivity contribution in [3.05, 3.63) is 47.8 Å². The van der Waals surface area contributed by atoms with E-state index in [-0.39, 0.29) is 17.4 Å². The van der Waals surface area contributed by atoms with Gasteiger partial charge in [0.15, 0.2) is 5.82 Å². The Hall–Kier alpha value is -2.66. The fraction of sp³-hybridized carbons (Fsp3) is 0.500. The van der Waals surface area contributed by atoms with Gasteiger partial charge in [-0.1, -0.05) is 0 Å². The summed E-state index contributed by atoms with van der Waals surface area (Å²) in [6.45, 7) is 5.61. The van der Waals surface area contributed by atoms with Crippen LogP contribution >= 0.6 is 0 Å². The van der Waals surface area contributed by atoms with E-state index in [9.17, 15) is 17.6 Å². The molecule has 0 aliphatic carbocycles. The minimum Gasteiger partial charge on any atom is -0.475 e. The van der Waals surface area contributed by atoms with Crippen LogP contribution in [0.15, 0.2) is 34.9 Å². The number of furan rings is 1. The number of carboxylic acid groups (broad SMARTS) is 1. The zero-order valence-corrected chi connectivity index (χ0v) is 16.7. The number of hydrogen-bond acceptors (Lipinski definition) is 6. The number of carbonyl (C=O) groups is 1. The number of pyridine rings is 1. The number of likely N-dealkylation sites (tertiary alicyclic amines) is 1. The van der Waals surface area contributed by atoms with Gasteiger partial charge in [0.25, 0.3) is 0 Å². The standard InChI is InChI=1S/C18H21FN2O3.C2HF3O2/c1-13-4-5-15(24-13)9-21-11-18(12-21)14(6-8-23-18)10-22-17-16(19)3-2-7-20-17;3-2(4,5)1(6)7/h2-5,7,14H,6,8-12H2,1H3;(H,6,7). The molecule has 1 N–H and O–H groups in total. The molecule has 170 valence electrons. The number of rotatable bonds is 5. The number of nitrogens with zero attached hydrogens (tertiary/aromatic N) is 2. The summed E-state index contributed by atoms with van der Waals surface area (Å²) in [7, 11) is 0. The molecule has 2 fully saturated rings. The maximum atomic E-state index is 13.6. The Morgan fingerprint density at radius 3 is 2.65 bits per heavy atom. The van der Waals surface area contributed by atoms with E-state index in [4.69, 9.17) is 23.8 Å². The van der Waals surface area contributed by atoms with Crippen LogP contribution in [0.2, 0.25) is 0 Å². The predicted molar refractivity (Wildman–Crippen MR) is 98.9 cm³/mol. The maximum Gasteiger partial charge on any atom is 0.490 e. The number of aromatic nitrogens is 1. The molecule has 31 heavy (non-hydrogen) atoms. The number of aliphatic carboxylic acids is 1. The minimum atomic E-state index is -5.08. The second kappa shape index (κ2) is 9.23. The lowest BCUT2D eigenvalue weighted by molar-refractivity contribution is -0.192. The van der Waals surface area contributed by atoms with Crippen LogP contribution in [-0.4, -0.2) is 59.0 Å². The largest absolute Gasteiger partial charge is 0.490 e. The van der Waals surface area contributed by atoms with Gasteiger partial charge in [-0.05, 0) is 37.6 Å². The van der Waals surface area contributed by atoms with Gasteiger partial charge in [-0.25, -0.2) is 14.2 Å². The molecule has 2 aromatic rings.